The molecule has 0 fully saturated rings. The summed E-state index contributed by atoms with van der Waals surface area (Å²) in [6.45, 7) is 0. The Hall–Kier alpha value is -2.57. The van der Waals surface area contributed by atoms with Crippen LogP contribution in [0.3, 0.4) is 0 Å². The van der Waals surface area contributed by atoms with Crippen LogP contribution in [0.15, 0.2) is 62.4 Å². The third-order valence-corrected chi connectivity index (χ3v) is 4.10. The van der Waals surface area contributed by atoms with Crippen molar-refractivity contribution in [1.82, 2.24) is 0 Å². The van der Waals surface area contributed by atoms with E-state index in [-0.39, 0.29) is 11.3 Å². The van der Waals surface area contributed by atoms with Crippen LogP contribution in [0.2, 0.25) is 5.02 Å². The summed E-state index contributed by atoms with van der Waals surface area (Å²) in [6.07, 6.45) is 1.42. The van der Waals surface area contributed by atoms with Gasteiger partial charge in [-0.3, -0.25) is 0 Å². The number of aliphatic imine (C=N–C) groups is 1. The number of hydrogen-bond donors (Lipinski definition) is 2. The molecule has 2 aromatic carbocycles. The standard InChI is InChI=1S/C18H11BrClNO4/c19-10-1-4-13(14(7-10)18(23)24)17-6-3-12(25-17)9-21-15-8-11(20)2-5-16(15)22/h1-9,22H,(H,23,24). The van der Waals surface area contributed by atoms with Gasteiger partial charge < -0.3 is 14.6 Å². The third kappa shape index (κ3) is 3.92. The lowest BCUT2D eigenvalue weighted by molar-refractivity contribution is 0.0697. The van der Waals surface area contributed by atoms with Crippen molar-refractivity contribution < 1.29 is 19.4 Å². The average Bonchev–Trinajstić information content (AvgIpc) is 3.04. The van der Waals surface area contributed by atoms with Crippen LogP contribution in [0, 0.1) is 0 Å². The number of phenolic OH excluding ortho intramolecular Hbond substituents is 1. The smallest absolute Gasteiger partial charge is 0.336 e. The van der Waals surface area contributed by atoms with E-state index in [1.165, 1.54) is 24.4 Å². The Kier molecular flexibility index (Phi) is 4.92. The van der Waals surface area contributed by atoms with Crippen molar-refractivity contribution in [2.45, 2.75) is 0 Å². The lowest BCUT2D eigenvalue weighted by atomic mass is 10.1. The average molecular weight is 421 g/mol. The number of carboxylic acid groups (broad SMARTS) is 1. The largest absolute Gasteiger partial charge is 0.506 e. The Morgan fingerprint density at radius 2 is 1.96 bits per heavy atom. The molecule has 2 N–H and O–H groups in total. The topological polar surface area (TPSA) is 83.0 Å². The van der Waals surface area contributed by atoms with Gasteiger partial charge in [0.1, 0.15) is 23.0 Å². The molecule has 1 aromatic heterocycles. The first-order valence-corrected chi connectivity index (χ1v) is 8.27. The van der Waals surface area contributed by atoms with Crippen molar-refractivity contribution in [3.8, 4) is 17.1 Å². The number of benzene rings is 2. The predicted octanol–water partition coefficient (Wildman–Crippen LogP) is 5.52. The van der Waals surface area contributed by atoms with Gasteiger partial charge in [-0.05, 0) is 48.5 Å². The first-order valence-electron chi connectivity index (χ1n) is 7.09. The molecule has 0 bridgehead atoms. The molecular weight excluding hydrogens is 410 g/mol. The Morgan fingerprint density at radius 3 is 2.72 bits per heavy atom. The van der Waals surface area contributed by atoms with Gasteiger partial charge in [-0.25, -0.2) is 9.79 Å². The van der Waals surface area contributed by atoms with Crippen LogP contribution < -0.4 is 0 Å². The Bertz CT molecular complexity index is 981. The molecule has 0 saturated carbocycles. The van der Waals surface area contributed by atoms with E-state index in [1.807, 2.05) is 0 Å². The highest BCUT2D eigenvalue weighted by molar-refractivity contribution is 9.10. The highest BCUT2D eigenvalue weighted by Crippen LogP contribution is 2.30. The van der Waals surface area contributed by atoms with Crippen LogP contribution >= 0.6 is 27.5 Å². The Balaban J connectivity index is 1.92. The van der Waals surface area contributed by atoms with Crippen molar-refractivity contribution >= 4 is 45.4 Å². The Morgan fingerprint density at radius 1 is 1.16 bits per heavy atom. The van der Waals surface area contributed by atoms with E-state index in [0.29, 0.717) is 32.3 Å². The summed E-state index contributed by atoms with van der Waals surface area (Å²) in [6, 6.07) is 12.8. The third-order valence-electron chi connectivity index (χ3n) is 3.37. The molecule has 7 heteroatoms. The fourth-order valence-electron chi connectivity index (χ4n) is 2.21. The minimum absolute atomic E-state index is 0.00602. The van der Waals surface area contributed by atoms with Crippen LogP contribution in [0.25, 0.3) is 11.3 Å². The number of carboxylic acids is 1. The molecule has 0 aliphatic carbocycles. The zero-order valence-corrected chi connectivity index (χ0v) is 15.0. The number of furan rings is 1. The summed E-state index contributed by atoms with van der Waals surface area (Å²) in [5.41, 5.74) is 0.890. The molecule has 0 saturated heterocycles. The van der Waals surface area contributed by atoms with Crippen LogP contribution in [-0.2, 0) is 0 Å². The van der Waals surface area contributed by atoms with Gasteiger partial charge >= 0.3 is 5.97 Å². The maximum atomic E-state index is 11.4. The molecule has 126 valence electrons. The van der Waals surface area contributed by atoms with Crippen LogP contribution in [0.4, 0.5) is 5.69 Å². The number of hydrogen-bond acceptors (Lipinski definition) is 4. The van der Waals surface area contributed by atoms with Gasteiger partial charge in [0.15, 0.2) is 0 Å². The lowest BCUT2D eigenvalue weighted by Gasteiger charge is -2.03. The van der Waals surface area contributed by atoms with Crippen molar-refractivity contribution in [2.75, 3.05) is 0 Å². The van der Waals surface area contributed by atoms with E-state index in [1.54, 1.807) is 30.3 Å². The van der Waals surface area contributed by atoms with Crippen molar-refractivity contribution in [3.63, 3.8) is 0 Å². The summed E-state index contributed by atoms with van der Waals surface area (Å²) in [7, 11) is 0. The number of aromatic hydroxyl groups is 1. The van der Waals surface area contributed by atoms with E-state index in [4.69, 9.17) is 16.0 Å². The highest BCUT2D eigenvalue weighted by Gasteiger charge is 2.15. The van der Waals surface area contributed by atoms with Gasteiger partial charge in [-0.15, -0.1) is 0 Å². The lowest BCUT2D eigenvalue weighted by Crippen LogP contribution is -1.99. The van der Waals surface area contributed by atoms with E-state index in [2.05, 4.69) is 20.9 Å². The molecule has 0 aliphatic rings. The maximum absolute atomic E-state index is 11.4. The quantitative estimate of drug-likeness (QED) is 0.545. The van der Waals surface area contributed by atoms with E-state index < -0.39 is 5.97 Å². The molecule has 25 heavy (non-hydrogen) atoms. The second kappa shape index (κ2) is 7.13. The zero-order chi connectivity index (χ0) is 18.0. The first-order chi connectivity index (χ1) is 11.9. The molecule has 0 amide bonds. The molecule has 0 atom stereocenters. The summed E-state index contributed by atoms with van der Waals surface area (Å²) in [4.78, 5) is 15.5. The molecular formula is C18H11BrClNO4. The minimum atomic E-state index is -1.05. The van der Waals surface area contributed by atoms with Gasteiger partial charge in [0.25, 0.3) is 0 Å². The molecule has 0 radical (unpaired) electrons. The molecule has 5 nitrogen and oxygen atoms in total. The Labute approximate surface area is 156 Å². The fourth-order valence-corrected chi connectivity index (χ4v) is 2.74. The number of rotatable bonds is 4. The molecule has 3 aromatic rings. The number of nitrogens with zero attached hydrogens (tertiary/aromatic N) is 1. The van der Waals surface area contributed by atoms with Gasteiger partial charge in [-0.1, -0.05) is 27.5 Å². The molecule has 0 spiro atoms. The molecule has 0 unspecified atom stereocenters. The molecule has 0 aliphatic heterocycles. The fraction of sp³-hybridized carbons (Fsp3) is 0. The van der Waals surface area contributed by atoms with Crippen LogP contribution in [-0.4, -0.2) is 22.4 Å². The van der Waals surface area contributed by atoms with Crippen molar-refractivity contribution in [1.29, 1.82) is 0 Å². The van der Waals surface area contributed by atoms with Gasteiger partial charge in [-0.2, -0.15) is 0 Å². The number of phenols is 1. The summed E-state index contributed by atoms with van der Waals surface area (Å²) < 4.78 is 6.31. The minimum Gasteiger partial charge on any atom is -0.506 e. The van der Waals surface area contributed by atoms with E-state index >= 15 is 0 Å². The van der Waals surface area contributed by atoms with Crippen LogP contribution in [0.1, 0.15) is 16.1 Å². The summed E-state index contributed by atoms with van der Waals surface area (Å²) >= 11 is 9.13. The second-order valence-corrected chi connectivity index (χ2v) is 6.44. The number of aromatic carboxylic acids is 1. The number of carbonyl (C=O) groups is 1. The second-order valence-electron chi connectivity index (χ2n) is 5.09. The van der Waals surface area contributed by atoms with Crippen LogP contribution in [0.5, 0.6) is 5.75 Å². The maximum Gasteiger partial charge on any atom is 0.336 e. The van der Waals surface area contributed by atoms with Gasteiger partial charge in [0.05, 0.1) is 11.8 Å². The molecule has 3 rings (SSSR count). The monoisotopic (exact) mass is 419 g/mol. The normalized spacial score (nSPS) is 11.1. The van der Waals surface area contributed by atoms with E-state index in [0.717, 1.165) is 0 Å². The predicted molar refractivity (Wildman–Crippen MR) is 99.2 cm³/mol. The SMILES string of the molecule is O=C(O)c1cc(Br)ccc1-c1ccc(C=Nc2cc(Cl)ccc2O)o1. The molecule has 1 heterocycles. The van der Waals surface area contributed by atoms with Gasteiger partial charge in [0, 0.05) is 15.1 Å². The van der Waals surface area contributed by atoms with E-state index in [9.17, 15) is 15.0 Å². The summed E-state index contributed by atoms with van der Waals surface area (Å²) in [5.74, 6) is -0.240. The van der Waals surface area contributed by atoms with Gasteiger partial charge in [0.2, 0.25) is 0 Å². The highest BCUT2D eigenvalue weighted by atomic mass is 79.9. The van der Waals surface area contributed by atoms with Crippen molar-refractivity contribution in [3.05, 3.63) is 69.3 Å². The number of halogens is 2. The zero-order valence-electron chi connectivity index (χ0n) is 12.6. The summed E-state index contributed by atoms with van der Waals surface area (Å²) in [5, 5.41) is 19.5. The first kappa shape index (κ1) is 17.3. The van der Waals surface area contributed by atoms with Crippen molar-refractivity contribution in [2.24, 2.45) is 4.99 Å².